The highest BCUT2D eigenvalue weighted by molar-refractivity contribution is 5.92. The third-order valence-corrected chi connectivity index (χ3v) is 9.74. The summed E-state index contributed by atoms with van der Waals surface area (Å²) >= 11 is 0. The Hall–Kier alpha value is -3.26. The van der Waals surface area contributed by atoms with Crippen molar-refractivity contribution in [3.63, 3.8) is 0 Å². The number of phenols is 1. The minimum atomic E-state index is -0.396. The van der Waals surface area contributed by atoms with Gasteiger partial charge >= 0.3 is 5.97 Å². The van der Waals surface area contributed by atoms with E-state index in [0.29, 0.717) is 23.5 Å². The van der Waals surface area contributed by atoms with Crippen LogP contribution < -0.4 is 9.47 Å². The first-order valence-electron chi connectivity index (χ1n) is 13.8. The minimum absolute atomic E-state index is 0.00830. The van der Waals surface area contributed by atoms with Gasteiger partial charge < -0.3 is 23.9 Å². The summed E-state index contributed by atoms with van der Waals surface area (Å²) in [6, 6.07) is 3.55. The standard InChI is InChI=1S/C30H34N2O6/c1-17(33)37-25-14-24(34)28-27-20(25)13-23-21-6-7-22(31(2)26(35)8-5-19-9-12-36-16-19)29(38-28)30(21,27)10-11-32(23)15-18-3-4-18/h5,8-9,12,14,16,18,21-23,29,34H,3-4,6-7,10-11,13,15H2,1-2H3/b8-5+/t21-,22-,23+,29-,30-/m0/s1. The van der Waals surface area contributed by atoms with Crippen molar-refractivity contribution in [1.82, 2.24) is 9.80 Å². The molecule has 2 saturated carbocycles. The Morgan fingerprint density at radius 3 is 2.87 bits per heavy atom. The second-order valence-electron chi connectivity index (χ2n) is 11.8. The van der Waals surface area contributed by atoms with Crippen LogP contribution in [0.4, 0.5) is 0 Å². The molecule has 2 bridgehead atoms. The third-order valence-electron chi connectivity index (χ3n) is 9.74. The van der Waals surface area contributed by atoms with E-state index in [4.69, 9.17) is 13.9 Å². The summed E-state index contributed by atoms with van der Waals surface area (Å²) < 4.78 is 17.5. The Kier molecular flexibility index (Phi) is 5.41. The lowest BCUT2D eigenvalue weighted by Crippen LogP contribution is -2.69. The summed E-state index contributed by atoms with van der Waals surface area (Å²) in [5, 5.41) is 11.1. The number of rotatable bonds is 6. The van der Waals surface area contributed by atoms with Crippen molar-refractivity contribution in [3.8, 4) is 17.2 Å². The van der Waals surface area contributed by atoms with Crippen molar-refractivity contribution in [1.29, 1.82) is 0 Å². The van der Waals surface area contributed by atoms with Crippen molar-refractivity contribution < 1.29 is 28.6 Å². The zero-order chi connectivity index (χ0) is 26.2. The second kappa shape index (κ2) is 8.63. The first-order chi connectivity index (χ1) is 18.4. The third kappa shape index (κ3) is 3.52. The Morgan fingerprint density at radius 1 is 1.29 bits per heavy atom. The second-order valence-corrected chi connectivity index (χ2v) is 11.8. The molecule has 7 rings (SSSR count). The molecule has 0 radical (unpaired) electrons. The van der Waals surface area contributed by atoms with Gasteiger partial charge in [0, 0.05) is 60.8 Å². The molecular weight excluding hydrogens is 484 g/mol. The molecule has 1 N–H and O–H groups in total. The van der Waals surface area contributed by atoms with E-state index >= 15 is 0 Å². The van der Waals surface area contributed by atoms with Crippen molar-refractivity contribution in [2.75, 3.05) is 20.1 Å². The number of aromatic hydroxyl groups is 1. The molecule has 1 aromatic heterocycles. The number of phenolic OH excluding ortho intramolecular Hbond substituents is 1. The van der Waals surface area contributed by atoms with Gasteiger partial charge in [0.25, 0.3) is 0 Å². The van der Waals surface area contributed by atoms with Gasteiger partial charge in [-0.1, -0.05) is 0 Å². The fourth-order valence-electron chi connectivity index (χ4n) is 7.97. The van der Waals surface area contributed by atoms with E-state index in [-0.39, 0.29) is 29.2 Å². The van der Waals surface area contributed by atoms with Crippen molar-refractivity contribution in [2.45, 2.75) is 69.1 Å². The number of piperidine rings is 1. The largest absolute Gasteiger partial charge is 0.504 e. The maximum absolute atomic E-state index is 13.3. The number of likely N-dealkylation sites (N-methyl/N-ethyl adjacent to an activating group) is 1. The predicted molar refractivity (Wildman–Crippen MR) is 139 cm³/mol. The van der Waals surface area contributed by atoms with Crippen LogP contribution in [0.1, 0.15) is 55.7 Å². The molecule has 1 amide bonds. The first kappa shape index (κ1) is 23.8. The number of amides is 1. The van der Waals surface area contributed by atoms with Crippen LogP contribution in [0.2, 0.25) is 0 Å². The molecule has 3 heterocycles. The molecule has 38 heavy (non-hydrogen) atoms. The Balaban J connectivity index is 1.29. The Morgan fingerprint density at radius 2 is 2.13 bits per heavy atom. The fraction of sp³-hybridized carbons (Fsp3) is 0.533. The van der Waals surface area contributed by atoms with Crippen molar-refractivity contribution in [3.05, 3.63) is 47.4 Å². The Labute approximate surface area is 222 Å². The SMILES string of the molecule is CC(=O)Oc1cc(O)c2c3c1C[C@@H]1[C@@H]4CC[C@H](N(C)C(=O)/C=C/c5ccoc5)[C@H](O2)[C@]34CCN1CC1CC1. The highest BCUT2D eigenvalue weighted by Crippen LogP contribution is 2.65. The van der Waals surface area contributed by atoms with Crippen LogP contribution in [-0.4, -0.2) is 65.1 Å². The number of benzene rings is 1. The monoisotopic (exact) mass is 518 g/mol. The van der Waals surface area contributed by atoms with Crippen molar-refractivity contribution in [2.24, 2.45) is 11.8 Å². The smallest absolute Gasteiger partial charge is 0.308 e. The molecule has 1 aromatic carbocycles. The van der Waals surface area contributed by atoms with E-state index in [2.05, 4.69) is 4.90 Å². The van der Waals surface area contributed by atoms with Gasteiger partial charge in [-0.15, -0.1) is 0 Å². The van der Waals surface area contributed by atoms with Gasteiger partial charge in [-0.25, -0.2) is 0 Å². The van der Waals surface area contributed by atoms with E-state index in [1.807, 2.05) is 18.0 Å². The van der Waals surface area contributed by atoms with Gasteiger partial charge in [0.2, 0.25) is 5.91 Å². The molecular formula is C30H34N2O6. The highest BCUT2D eigenvalue weighted by atomic mass is 16.5. The first-order valence-corrected chi connectivity index (χ1v) is 13.8. The number of nitrogens with zero attached hydrogens (tertiary/aromatic N) is 2. The molecule has 1 spiro atoms. The lowest BCUT2D eigenvalue weighted by molar-refractivity contribution is -0.135. The maximum atomic E-state index is 13.3. The van der Waals surface area contributed by atoms with E-state index in [1.165, 1.54) is 19.8 Å². The van der Waals surface area contributed by atoms with Gasteiger partial charge in [0.05, 0.1) is 18.6 Å². The van der Waals surface area contributed by atoms with Crippen LogP contribution in [-0.2, 0) is 21.4 Å². The number of furan rings is 1. The van der Waals surface area contributed by atoms with E-state index in [1.54, 1.807) is 30.7 Å². The molecule has 200 valence electrons. The number of carbonyl (C=O) groups is 2. The maximum Gasteiger partial charge on any atom is 0.308 e. The summed E-state index contributed by atoms with van der Waals surface area (Å²) in [7, 11) is 1.85. The summed E-state index contributed by atoms with van der Waals surface area (Å²) in [6.45, 7) is 3.49. The quantitative estimate of drug-likeness (QED) is 0.352. The fourth-order valence-corrected chi connectivity index (χ4v) is 7.97. The highest BCUT2D eigenvalue weighted by Gasteiger charge is 2.67. The number of hydrogen-bond donors (Lipinski definition) is 1. The summed E-state index contributed by atoms with van der Waals surface area (Å²) in [4.78, 5) is 29.8. The average Bonchev–Trinajstić information content (AvgIpc) is 3.41. The van der Waals surface area contributed by atoms with Crippen LogP contribution >= 0.6 is 0 Å². The molecule has 5 atom stereocenters. The van der Waals surface area contributed by atoms with E-state index in [0.717, 1.165) is 61.4 Å². The number of esters is 1. The topological polar surface area (TPSA) is 92.5 Å². The Bertz CT molecular complexity index is 1310. The predicted octanol–water partition coefficient (Wildman–Crippen LogP) is 3.90. The molecule has 2 aliphatic heterocycles. The van der Waals surface area contributed by atoms with Crippen LogP contribution in [0.5, 0.6) is 17.2 Å². The van der Waals surface area contributed by atoms with Gasteiger partial charge in [-0.3, -0.25) is 14.5 Å². The number of carbonyl (C=O) groups excluding carboxylic acids is 2. The molecule has 0 unspecified atom stereocenters. The van der Waals surface area contributed by atoms with Crippen LogP contribution in [0.25, 0.3) is 6.08 Å². The van der Waals surface area contributed by atoms with Crippen LogP contribution in [0.15, 0.2) is 35.2 Å². The lowest BCUT2D eigenvalue weighted by atomic mass is 9.50. The number of hydrogen-bond acceptors (Lipinski definition) is 7. The molecule has 1 saturated heterocycles. The lowest BCUT2D eigenvalue weighted by Gasteiger charge is -2.60. The number of ether oxygens (including phenoxy) is 2. The molecule has 3 fully saturated rings. The normalized spacial score (nSPS) is 31.1. The summed E-state index contributed by atoms with van der Waals surface area (Å²) in [6.07, 6.45) is 12.4. The average molecular weight is 519 g/mol. The van der Waals surface area contributed by atoms with Gasteiger partial charge in [-0.2, -0.15) is 0 Å². The molecule has 3 aliphatic carbocycles. The molecule has 8 nitrogen and oxygen atoms in total. The van der Waals surface area contributed by atoms with E-state index < -0.39 is 5.97 Å². The molecule has 2 aromatic rings. The van der Waals surface area contributed by atoms with E-state index in [9.17, 15) is 14.7 Å². The van der Waals surface area contributed by atoms with Gasteiger partial charge in [-0.05, 0) is 69.0 Å². The van der Waals surface area contributed by atoms with Crippen molar-refractivity contribution >= 4 is 18.0 Å². The zero-order valence-electron chi connectivity index (χ0n) is 21.9. The zero-order valence-corrected chi connectivity index (χ0v) is 21.9. The van der Waals surface area contributed by atoms with Crippen LogP contribution in [0, 0.1) is 11.8 Å². The molecule has 8 heteroatoms. The number of likely N-dealkylation sites (tertiary alicyclic amines) is 1. The summed E-state index contributed by atoms with van der Waals surface area (Å²) in [5.74, 6) is 1.63. The van der Waals surface area contributed by atoms with Gasteiger partial charge in [0.15, 0.2) is 11.5 Å². The van der Waals surface area contributed by atoms with Crippen LogP contribution in [0.3, 0.4) is 0 Å². The minimum Gasteiger partial charge on any atom is -0.504 e. The summed E-state index contributed by atoms with van der Waals surface area (Å²) in [5.41, 5.74) is 2.52. The van der Waals surface area contributed by atoms with Gasteiger partial charge in [0.1, 0.15) is 11.9 Å². The molecule has 5 aliphatic rings.